The molecule has 2 aliphatic rings. The molecule has 0 radical (unpaired) electrons. The van der Waals surface area contributed by atoms with Crippen molar-refractivity contribution in [2.45, 2.75) is 37.5 Å². The number of rotatable bonds is 2. The second-order valence-electron chi connectivity index (χ2n) is 7.08. The quantitative estimate of drug-likeness (QED) is 0.902. The van der Waals surface area contributed by atoms with Crippen LogP contribution in [0, 0.1) is 5.82 Å². The van der Waals surface area contributed by atoms with Gasteiger partial charge in [0.25, 0.3) is 5.91 Å². The van der Waals surface area contributed by atoms with E-state index in [4.69, 9.17) is 10.5 Å². The molecule has 2 aliphatic heterocycles. The van der Waals surface area contributed by atoms with E-state index in [1.54, 1.807) is 12.1 Å². The third-order valence-electron chi connectivity index (χ3n) is 5.35. The second kappa shape index (κ2) is 7.17. The van der Waals surface area contributed by atoms with Crippen molar-refractivity contribution in [3.63, 3.8) is 0 Å². The van der Waals surface area contributed by atoms with Crippen LogP contribution >= 0.6 is 0 Å². The maximum absolute atomic E-state index is 13.4. The van der Waals surface area contributed by atoms with E-state index in [1.807, 2.05) is 17.0 Å². The lowest BCUT2D eigenvalue weighted by Gasteiger charge is -2.40. The molecule has 1 amide bonds. The highest BCUT2D eigenvalue weighted by atomic mass is 19.1. The second-order valence-corrected chi connectivity index (χ2v) is 7.08. The number of hydrogen-bond acceptors (Lipinski definition) is 3. The fraction of sp³-hybridized carbons (Fsp3) is 0.381. The van der Waals surface area contributed by atoms with E-state index in [0.29, 0.717) is 19.6 Å². The van der Waals surface area contributed by atoms with Crippen molar-refractivity contribution in [3.8, 4) is 0 Å². The standard InChI is InChI=1S/C21H23FN2O2/c22-16-7-5-15(6-8-16)20-18-4-2-1-3-14(18)9-11-24(20)21(25)19-13-17(23)10-12-26-19/h1-8,17,19-20H,9-13,23H2/t17-,19-,20+/m1/s1. The molecule has 0 unspecified atom stereocenters. The van der Waals surface area contributed by atoms with Gasteiger partial charge in [-0.2, -0.15) is 0 Å². The van der Waals surface area contributed by atoms with E-state index in [0.717, 1.165) is 24.0 Å². The minimum Gasteiger partial charge on any atom is -0.368 e. The first kappa shape index (κ1) is 17.2. The molecule has 0 bridgehead atoms. The molecule has 1 saturated heterocycles. The Balaban J connectivity index is 1.71. The number of carbonyl (C=O) groups excluding carboxylic acids is 1. The average Bonchev–Trinajstić information content (AvgIpc) is 2.67. The number of nitrogens with zero attached hydrogens (tertiary/aromatic N) is 1. The highest BCUT2D eigenvalue weighted by Crippen LogP contribution is 2.36. The lowest BCUT2D eigenvalue weighted by Crippen LogP contribution is -2.49. The van der Waals surface area contributed by atoms with E-state index >= 15 is 0 Å². The van der Waals surface area contributed by atoms with Gasteiger partial charge in [0.2, 0.25) is 0 Å². The van der Waals surface area contributed by atoms with Crippen LogP contribution in [0.1, 0.15) is 35.6 Å². The molecule has 136 valence electrons. The SMILES string of the molecule is N[C@@H]1CCO[C@@H](C(=O)N2CCc3ccccc3[C@@H]2c2ccc(F)cc2)C1. The first-order valence-electron chi connectivity index (χ1n) is 9.14. The molecule has 0 aliphatic carbocycles. The van der Waals surface area contributed by atoms with Gasteiger partial charge in [-0.1, -0.05) is 36.4 Å². The van der Waals surface area contributed by atoms with E-state index in [9.17, 15) is 9.18 Å². The molecule has 0 aromatic heterocycles. The Bertz CT molecular complexity index is 793. The summed E-state index contributed by atoms with van der Waals surface area (Å²) in [6.07, 6.45) is 1.64. The summed E-state index contributed by atoms with van der Waals surface area (Å²) in [7, 11) is 0. The average molecular weight is 354 g/mol. The number of hydrogen-bond donors (Lipinski definition) is 1. The Labute approximate surface area is 152 Å². The molecule has 0 saturated carbocycles. The van der Waals surface area contributed by atoms with Crippen LogP contribution in [0.2, 0.25) is 0 Å². The van der Waals surface area contributed by atoms with Gasteiger partial charge in [0, 0.05) is 19.2 Å². The fourth-order valence-electron chi connectivity index (χ4n) is 3.99. The zero-order valence-corrected chi connectivity index (χ0v) is 14.6. The van der Waals surface area contributed by atoms with Crippen LogP contribution in [0.5, 0.6) is 0 Å². The summed E-state index contributed by atoms with van der Waals surface area (Å²) < 4.78 is 19.1. The molecule has 2 N–H and O–H groups in total. The normalized spacial score (nSPS) is 25.6. The van der Waals surface area contributed by atoms with E-state index < -0.39 is 6.10 Å². The largest absolute Gasteiger partial charge is 0.368 e. The number of carbonyl (C=O) groups is 1. The maximum Gasteiger partial charge on any atom is 0.252 e. The summed E-state index contributed by atoms with van der Waals surface area (Å²) in [5.41, 5.74) is 9.27. The lowest BCUT2D eigenvalue weighted by atomic mass is 9.87. The molecular formula is C21H23FN2O2. The monoisotopic (exact) mass is 354 g/mol. The highest BCUT2D eigenvalue weighted by Gasteiger charge is 2.37. The van der Waals surface area contributed by atoms with Crippen LogP contribution < -0.4 is 5.73 Å². The van der Waals surface area contributed by atoms with Gasteiger partial charge in [-0.3, -0.25) is 4.79 Å². The lowest BCUT2D eigenvalue weighted by molar-refractivity contribution is -0.149. The summed E-state index contributed by atoms with van der Waals surface area (Å²) in [5, 5.41) is 0. The molecule has 2 aromatic carbocycles. The van der Waals surface area contributed by atoms with Crippen LogP contribution in [0.4, 0.5) is 4.39 Å². The molecule has 2 heterocycles. The van der Waals surface area contributed by atoms with Gasteiger partial charge in [0.1, 0.15) is 11.9 Å². The van der Waals surface area contributed by atoms with Crippen molar-refractivity contribution in [3.05, 3.63) is 71.0 Å². The molecule has 3 atom stereocenters. The number of ether oxygens (including phenoxy) is 1. The van der Waals surface area contributed by atoms with Crippen molar-refractivity contribution in [1.29, 1.82) is 0 Å². The van der Waals surface area contributed by atoms with Crippen LogP contribution in [0.3, 0.4) is 0 Å². The Morgan fingerprint density at radius 2 is 1.92 bits per heavy atom. The predicted octanol–water partition coefficient (Wildman–Crippen LogP) is 2.81. The molecule has 2 aromatic rings. The summed E-state index contributed by atoms with van der Waals surface area (Å²) in [6, 6.07) is 14.3. The highest BCUT2D eigenvalue weighted by molar-refractivity contribution is 5.82. The Morgan fingerprint density at radius 1 is 1.15 bits per heavy atom. The number of amides is 1. The summed E-state index contributed by atoms with van der Waals surface area (Å²) in [5.74, 6) is -0.304. The zero-order chi connectivity index (χ0) is 18.1. The molecule has 26 heavy (non-hydrogen) atoms. The van der Waals surface area contributed by atoms with Crippen LogP contribution in [-0.2, 0) is 16.0 Å². The van der Waals surface area contributed by atoms with Gasteiger partial charge in [-0.15, -0.1) is 0 Å². The number of nitrogens with two attached hydrogens (primary N) is 1. The summed E-state index contributed by atoms with van der Waals surface area (Å²) in [4.78, 5) is 15.1. The minimum atomic E-state index is -0.494. The van der Waals surface area contributed by atoms with Crippen molar-refractivity contribution >= 4 is 5.91 Å². The molecular weight excluding hydrogens is 331 g/mol. The van der Waals surface area contributed by atoms with Crippen LogP contribution in [0.15, 0.2) is 48.5 Å². The number of fused-ring (bicyclic) bond motifs is 1. The molecule has 1 fully saturated rings. The van der Waals surface area contributed by atoms with E-state index in [-0.39, 0.29) is 23.8 Å². The van der Waals surface area contributed by atoms with Gasteiger partial charge < -0.3 is 15.4 Å². The fourth-order valence-corrected chi connectivity index (χ4v) is 3.99. The van der Waals surface area contributed by atoms with Gasteiger partial charge in [0.15, 0.2) is 0 Å². The molecule has 4 rings (SSSR count). The van der Waals surface area contributed by atoms with Crippen molar-refractivity contribution in [1.82, 2.24) is 4.90 Å². The first-order chi connectivity index (χ1) is 12.6. The smallest absolute Gasteiger partial charge is 0.252 e. The van der Waals surface area contributed by atoms with Crippen LogP contribution in [-0.4, -0.2) is 36.1 Å². The third-order valence-corrected chi connectivity index (χ3v) is 5.35. The van der Waals surface area contributed by atoms with Gasteiger partial charge in [-0.25, -0.2) is 4.39 Å². The zero-order valence-electron chi connectivity index (χ0n) is 14.6. The third kappa shape index (κ3) is 3.24. The van der Waals surface area contributed by atoms with Gasteiger partial charge >= 0.3 is 0 Å². The van der Waals surface area contributed by atoms with Gasteiger partial charge in [-0.05, 0) is 48.1 Å². The van der Waals surface area contributed by atoms with Crippen molar-refractivity contribution in [2.75, 3.05) is 13.2 Å². The van der Waals surface area contributed by atoms with E-state index in [1.165, 1.54) is 17.7 Å². The van der Waals surface area contributed by atoms with Gasteiger partial charge in [0.05, 0.1) is 6.04 Å². The molecule has 5 heteroatoms. The van der Waals surface area contributed by atoms with E-state index in [2.05, 4.69) is 12.1 Å². The predicted molar refractivity (Wildman–Crippen MR) is 97.1 cm³/mol. The van der Waals surface area contributed by atoms with Crippen molar-refractivity contribution < 1.29 is 13.9 Å². The maximum atomic E-state index is 13.4. The number of halogens is 1. The first-order valence-corrected chi connectivity index (χ1v) is 9.14. The molecule has 0 spiro atoms. The Kier molecular flexibility index (Phi) is 4.74. The number of benzene rings is 2. The summed E-state index contributed by atoms with van der Waals surface area (Å²) in [6.45, 7) is 1.14. The van der Waals surface area contributed by atoms with Crippen molar-refractivity contribution in [2.24, 2.45) is 5.73 Å². The minimum absolute atomic E-state index is 0.000882. The Hall–Kier alpha value is -2.24. The Morgan fingerprint density at radius 3 is 2.69 bits per heavy atom. The summed E-state index contributed by atoms with van der Waals surface area (Å²) >= 11 is 0. The molecule has 4 nitrogen and oxygen atoms in total. The van der Waals surface area contributed by atoms with Crippen LogP contribution in [0.25, 0.3) is 0 Å². The topological polar surface area (TPSA) is 55.6 Å².